The highest BCUT2D eigenvalue weighted by Crippen LogP contribution is 2.25. The molecule has 4 aromatic heterocycles. The number of halogens is 1. The van der Waals surface area contributed by atoms with E-state index >= 15 is 0 Å². The van der Waals surface area contributed by atoms with Gasteiger partial charge in [-0.2, -0.15) is 0 Å². The molecule has 1 aliphatic heterocycles. The highest BCUT2D eigenvalue weighted by atomic mass is 19.1. The Kier molecular flexibility index (Phi) is 5.00. The van der Waals surface area contributed by atoms with Crippen molar-refractivity contribution in [3.63, 3.8) is 0 Å². The minimum Gasteiger partial charge on any atom is -0.485 e. The average molecular weight is 421 g/mol. The molecule has 1 saturated heterocycles. The zero-order chi connectivity index (χ0) is 21.2. The van der Waals surface area contributed by atoms with Gasteiger partial charge in [0.15, 0.2) is 16.9 Å². The van der Waals surface area contributed by atoms with E-state index in [1.165, 1.54) is 12.1 Å². The summed E-state index contributed by atoms with van der Waals surface area (Å²) >= 11 is 0. The number of nitrogen functional groups attached to an aromatic ring is 1. The number of piperazine rings is 1. The second kappa shape index (κ2) is 8.11. The van der Waals surface area contributed by atoms with E-state index < -0.39 is 5.82 Å². The Labute approximate surface area is 176 Å². The van der Waals surface area contributed by atoms with Crippen LogP contribution in [0.5, 0.6) is 5.75 Å². The van der Waals surface area contributed by atoms with Crippen molar-refractivity contribution in [3.8, 4) is 16.9 Å². The third-order valence-electron chi connectivity index (χ3n) is 5.09. The number of anilines is 2. The van der Waals surface area contributed by atoms with Gasteiger partial charge in [0, 0.05) is 55.8 Å². The minimum atomic E-state index is -0.470. The molecule has 0 unspecified atom stereocenters. The van der Waals surface area contributed by atoms with Crippen molar-refractivity contribution >= 4 is 22.8 Å². The number of hydrogen-bond donors (Lipinski definition) is 3. The molecule has 0 aromatic carbocycles. The van der Waals surface area contributed by atoms with Gasteiger partial charge < -0.3 is 20.7 Å². The highest BCUT2D eigenvalue weighted by molar-refractivity contribution is 5.78. The molecule has 31 heavy (non-hydrogen) atoms. The number of nitrogens with one attached hydrogen (secondary N) is 2. The van der Waals surface area contributed by atoms with Crippen molar-refractivity contribution in [1.29, 1.82) is 0 Å². The quantitative estimate of drug-likeness (QED) is 0.439. The van der Waals surface area contributed by atoms with Crippen molar-refractivity contribution in [3.05, 3.63) is 48.2 Å². The van der Waals surface area contributed by atoms with Crippen molar-refractivity contribution in [2.75, 3.05) is 36.8 Å². The van der Waals surface area contributed by atoms with Gasteiger partial charge in [-0.15, -0.1) is 5.10 Å². The summed E-state index contributed by atoms with van der Waals surface area (Å²) in [5, 5.41) is 13.5. The number of rotatable bonds is 5. The molecule has 4 aromatic rings. The van der Waals surface area contributed by atoms with Crippen molar-refractivity contribution in [2.24, 2.45) is 0 Å². The second-order valence-corrected chi connectivity index (χ2v) is 7.14. The molecular formula is C20H20FN9O. The van der Waals surface area contributed by atoms with Crippen LogP contribution in [0.25, 0.3) is 22.3 Å². The van der Waals surface area contributed by atoms with Gasteiger partial charge in [0.2, 0.25) is 0 Å². The zero-order valence-corrected chi connectivity index (χ0v) is 16.5. The Bertz CT molecular complexity index is 1210. The molecule has 11 heteroatoms. The fourth-order valence-corrected chi connectivity index (χ4v) is 3.45. The predicted octanol–water partition coefficient (Wildman–Crippen LogP) is 1.52. The Morgan fingerprint density at radius 1 is 1.10 bits per heavy atom. The van der Waals surface area contributed by atoms with Crippen LogP contribution in [0.1, 0.15) is 5.69 Å². The van der Waals surface area contributed by atoms with Crippen molar-refractivity contribution in [2.45, 2.75) is 6.61 Å². The van der Waals surface area contributed by atoms with Crippen LogP contribution in [0.2, 0.25) is 0 Å². The predicted molar refractivity (Wildman–Crippen MR) is 113 cm³/mol. The van der Waals surface area contributed by atoms with E-state index in [1.807, 2.05) is 12.1 Å². The normalized spacial score (nSPS) is 14.2. The van der Waals surface area contributed by atoms with Crippen LogP contribution in [0, 0.1) is 5.82 Å². The van der Waals surface area contributed by atoms with Crippen molar-refractivity contribution < 1.29 is 9.13 Å². The van der Waals surface area contributed by atoms with E-state index in [2.05, 4.69) is 40.6 Å². The Morgan fingerprint density at radius 2 is 1.94 bits per heavy atom. The maximum atomic E-state index is 14.7. The second-order valence-electron chi connectivity index (χ2n) is 7.14. The molecule has 0 spiro atoms. The first kappa shape index (κ1) is 19.1. The molecule has 4 N–H and O–H groups in total. The average Bonchev–Trinajstić information content (AvgIpc) is 3.27. The molecule has 0 aliphatic carbocycles. The molecular weight excluding hydrogens is 401 g/mol. The molecule has 0 atom stereocenters. The van der Waals surface area contributed by atoms with E-state index in [4.69, 9.17) is 10.5 Å². The number of hydrogen-bond acceptors (Lipinski definition) is 9. The lowest BCUT2D eigenvalue weighted by molar-refractivity contribution is 0.297. The molecule has 10 nitrogen and oxygen atoms in total. The number of ether oxygens (including phenoxy) is 1. The third-order valence-corrected chi connectivity index (χ3v) is 5.09. The number of aromatic amines is 1. The van der Waals surface area contributed by atoms with Crippen LogP contribution in [0.15, 0.2) is 36.7 Å². The highest BCUT2D eigenvalue weighted by Gasteiger charge is 2.14. The molecule has 158 valence electrons. The van der Waals surface area contributed by atoms with Gasteiger partial charge in [-0.25, -0.2) is 19.5 Å². The van der Waals surface area contributed by atoms with Crippen LogP contribution >= 0.6 is 0 Å². The maximum Gasteiger partial charge on any atom is 0.181 e. The van der Waals surface area contributed by atoms with Gasteiger partial charge >= 0.3 is 0 Å². The lowest BCUT2D eigenvalue weighted by Crippen LogP contribution is -2.43. The van der Waals surface area contributed by atoms with Gasteiger partial charge in [0.1, 0.15) is 29.8 Å². The summed E-state index contributed by atoms with van der Waals surface area (Å²) in [6.45, 7) is 3.63. The summed E-state index contributed by atoms with van der Waals surface area (Å²) in [7, 11) is 0. The Hall–Kier alpha value is -3.86. The lowest BCUT2D eigenvalue weighted by atomic mass is 10.1. The fourth-order valence-electron chi connectivity index (χ4n) is 3.45. The first-order valence-electron chi connectivity index (χ1n) is 9.84. The summed E-state index contributed by atoms with van der Waals surface area (Å²) in [5.74, 6) is 1.05. The number of pyridine rings is 3. The van der Waals surface area contributed by atoms with E-state index in [0.717, 1.165) is 37.6 Å². The van der Waals surface area contributed by atoms with Crippen LogP contribution in [0.3, 0.4) is 0 Å². The molecule has 1 aliphatic rings. The number of aromatic nitrogens is 6. The Morgan fingerprint density at radius 3 is 2.71 bits per heavy atom. The Balaban J connectivity index is 1.31. The van der Waals surface area contributed by atoms with Crippen LogP contribution in [-0.4, -0.2) is 56.5 Å². The van der Waals surface area contributed by atoms with Crippen molar-refractivity contribution in [1.82, 2.24) is 35.7 Å². The SMILES string of the molecule is Nc1cc(OCc2ncc(-c3ccc(N4CCNCC4)nc3)cc2F)c2nn[nH]c2n1. The lowest BCUT2D eigenvalue weighted by Gasteiger charge is -2.28. The molecule has 0 saturated carbocycles. The van der Waals surface area contributed by atoms with Gasteiger partial charge in [-0.05, 0) is 18.2 Å². The third kappa shape index (κ3) is 3.94. The van der Waals surface area contributed by atoms with Crippen LogP contribution < -0.4 is 20.7 Å². The number of H-pyrrole nitrogens is 1. The topological polar surface area (TPSA) is 131 Å². The minimum absolute atomic E-state index is 0.0856. The van der Waals surface area contributed by atoms with Gasteiger partial charge in [-0.1, -0.05) is 5.21 Å². The molecule has 5 heterocycles. The summed E-state index contributed by atoms with van der Waals surface area (Å²) in [4.78, 5) is 15.0. The van der Waals surface area contributed by atoms with E-state index in [9.17, 15) is 4.39 Å². The molecule has 5 rings (SSSR count). The number of fused-ring (bicyclic) bond motifs is 1. The zero-order valence-electron chi connectivity index (χ0n) is 16.5. The van der Waals surface area contributed by atoms with Gasteiger partial charge in [0.25, 0.3) is 0 Å². The molecule has 0 amide bonds. The summed E-state index contributed by atoms with van der Waals surface area (Å²) in [5.41, 5.74) is 8.18. The molecule has 0 bridgehead atoms. The fraction of sp³-hybridized carbons (Fsp3) is 0.250. The first-order chi connectivity index (χ1) is 15.2. The smallest absolute Gasteiger partial charge is 0.181 e. The van der Waals surface area contributed by atoms with E-state index in [1.54, 1.807) is 12.4 Å². The maximum absolute atomic E-state index is 14.7. The summed E-state index contributed by atoms with van der Waals surface area (Å²) < 4.78 is 20.4. The van der Waals surface area contributed by atoms with Crippen LogP contribution in [-0.2, 0) is 6.61 Å². The number of nitrogens with two attached hydrogens (primary N) is 1. The number of nitrogens with zero attached hydrogens (tertiary/aromatic N) is 6. The largest absolute Gasteiger partial charge is 0.485 e. The molecule has 0 radical (unpaired) electrons. The first-order valence-corrected chi connectivity index (χ1v) is 9.84. The van der Waals surface area contributed by atoms with Crippen LogP contribution in [0.4, 0.5) is 16.0 Å². The summed E-state index contributed by atoms with van der Waals surface area (Å²) in [6, 6.07) is 6.83. The van der Waals surface area contributed by atoms with E-state index in [-0.39, 0.29) is 18.1 Å². The molecule has 1 fully saturated rings. The monoisotopic (exact) mass is 421 g/mol. The van der Waals surface area contributed by atoms with Gasteiger partial charge in [-0.3, -0.25) is 4.98 Å². The van der Waals surface area contributed by atoms with Gasteiger partial charge in [0.05, 0.1) is 0 Å². The standard InChI is InChI=1S/C20H20FN9O/c21-14-7-13(12-1-2-18(25-9-12)30-5-3-23-4-6-30)10-24-15(14)11-31-16-8-17(22)26-20-19(16)27-29-28-20/h1-2,7-10,23H,3-6,11H2,(H3,22,26,27,28,29). The van der Waals surface area contributed by atoms with E-state index in [0.29, 0.717) is 22.5 Å². The summed E-state index contributed by atoms with van der Waals surface area (Å²) in [6.07, 6.45) is 3.35.